The molecular formula is C21H28FN5O2. The SMILES string of the molecule is Cn1nc(C2CCCN(C(=O)NCc3ccc(F)cc3)C2)n(C2CCCC2)c1=O. The van der Waals surface area contributed by atoms with Gasteiger partial charge in [-0.3, -0.25) is 4.57 Å². The van der Waals surface area contributed by atoms with Crippen molar-refractivity contribution in [1.29, 1.82) is 0 Å². The number of nitrogens with zero attached hydrogens (tertiary/aromatic N) is 4. The predicted octanol–water partition coefficient (Wildman–Crippen LogP) is 2.93. The smallest absolute Gasteiger partial charge is 0.334 e. The molecule has 2 aliphatic rings. The maximum Gasteiger partial charge on any atom is 0.345 e. The van der Waals surface area contributed by atoms with Crippen molar-refractivity contribution in [2.45, 2.75) is 57.0 Å². The molecule has 8 heteroatoms. The van der Waals surface area contributed by atoms with Gasteiger partial charge in [-0.2, -0.15) is 5.10 Å². The zero-order chi connectivity index (χ0) is 20.4. The Kier molecular flexibility index (Phi) is 5.69. The molecule has 2 fully saturated rings. The second-order valence-corrected chi connectivity index (χ2v) is 8.14. The molecule has 1 aromatic carbocycles. The average Bonchev–Trinajstić information content (AvgIpc) is 3.36. The van der Waals surface area contributed by atoms with Gasteiger partial charge in [-0.15, -0.1) is 0 Å². The van der Waals surface area contributed by atoms with Gasteiger partial charge in [0.15, 0.2) is 0 Å². The fraction of sp³-hybridized carbons (Fsp3) is 0.571. The number of likely N-dealkylation sites (tertiary alicyclic amines) is 1. The Balaban J connectivity index is 1.44. The zero-order valence-corrected chi connectivity index (χ0v) is 16.8. The maximum absolute atomic E-state index is 13.0. The first-order valence-electron chi connectivity index (χ1n) is 10.5. The van der Waals surface area contributed by atoms with Gasteiger partial charge in [0.2, 0.25) is 0 Å². The van der Waals surface area contributed by atoms with Crippen LogP contribution in [0.15, 0.2) is 29.1 Å². The van der Waals surface area contributed by atoms with Crippen molar-refractivity contribution in [3.05, 3.63) is 52.0 Å². The van der Waals surface area contributed by atoms with E-state index in [-0.39, 0.29) is 29.5 Å². The minimum Gasteiger partial charge on any atom is -0.334 e. The highest BCUT2D eigenvalue weighted by atomic mass is 19.1. The van der Waals surface area contributed by atoms with Gasteiger partial charge in [0, 0.05) is 38.6 Å². The highest BCUT2D eigenvalue weighted by molar-refractivity contribution is 5.74. The molecule has 156 valence electrons. The Morgan fingerprint density at radius 2 is 1.90 bits per heavy atom. The lowest BCUT2D eigenvalue weighted by atomic mass is 9.97. The third-order valence-corrected chi connectivity index (χ3v) is 6.10. The first kappa shape index (κ1) is 19.7. The van der Waals surface area contributed by atoms with E-state index in [1.54, 1.807) is 24.1 Å². The molecule has 1 aliphatic carbocycles. The van der Waals surface area contributed by atoms with Gasteiger partial charge in [-0.1, -0.05) is 25.0 Å². The lowest BCUT2D eigenvalue weighted by molar-refractivity contribution is 0.176. The van der Waals surface area contributed by atoms with Crippen LogP contribution in [0.5, 0.6) is 0 Å². The summed E-state index contributed by atoms with van der Waals surface area (Å²) in [4.78, 5) is 27.1. The number of halogens is 1. The number of hydrogen-bond acceptors (Lipinski definition) is 3. The molecule has 1 saturated carbocycles. The quantitative estimate of drug-likeness (QED) is 0.856. The number of hydrogen-bond donors (Lipinski definition) is 1. The molecule has 0 bridgehead atoms. The minimum atomic E-state index is -0.289. The van der Waals surface area contributed by atoms with Gasteiger partial charge >= 0.3 is 11.7 Å². The van der Waals surface area contributed by atoms with Crippen LogP contribution in [-0.2, 0) is 13.6 Å². The van der Waals surface area contributed by atoms with E-state index in [0.717, 1.165) is 49.9 Å². The number of nitrogens with one attached hydrogen (secondary N) is 1. The zero-order valence-electron chi connectivity index (χ0n) is 16.8. The molecule has 2 heterocycles. The third kappa shape index (κ3) is 4.21. The Morgan fingerprint density at radius 1 is 1.17 bits per heavy atom. The largest absolute Gasteiger partial charge is 0.345 e. The number of carbonyl (C=O) groups is 1. The Morgan fingerprint density at radius 3 is 2.62 bits per heavy atom. The van der Waals surface area contributed by atoms with Crippen molar-refractivity contribution in [3.63, 3.8) is 0 Å². The van der Waals surface area contributed by atoms with E-state index in [4.69, 9.17) is 0 Å². The van der Waals surface area contributed by atoms with E-state index >= 15 is 0 Å². The molecule has 4 rings (SSSR count). The van der Waals surface area contributed by atoms with Gasteiger partial charge in [0.25, 0.3) is 0 Å². The lowest BCUT2D eigenvalue weighted by Gasteiger charge is -2.32. The summed E-state index contributed by atoms with van der Waals surface area (Å²) in [5.74, 6) is 0.595. The van der Waals surface area contributed by atoms with E-state index in [2.05, 4.69) is 10.4 Å². The van der Waals surface area contributed by atoms with Crippen molar-refractivity contribution in [2.24, 2.45) is 7.05 Å². The summed E-state index contributed by atoms with van der Waals surface area (Å²) in [6.07, 6.45) is 6.14. The number of benzene rings is 1. The predicted molar refractivity (Wildman–Crippen MR) is 107 cm³/mol. The van der Waals surface area contributed by atoms with Gasteiger partial charge in [-0.25, -0.2) is 18.7 Å². The fourth-order valence-corrected chi connectivity index (χ4v) is 4.55. The van der Waals surface area contributed by atoms with E-state index in [9.17, 15) is 14.0 Å². The summed E-state index contributed by atoms with van der Waals surface area (Å²) in [7, 11) is 1.70. The van der Waals surface area contributed by atoms with Crippen LogP contribution in [0.25, 0.3) is 0 Å². The van der Waals surface area contributed by atoms with Crippen molar-refractivity contribution >= 4 is 6.03 Å². The van der Waals surface area contributed by atoms with Crippen LogP contribution in [0.3, 0.4) is 0 Å². The minimum absolute atomic E-state index is 0.0511. The van der Waals surface area contributed by atoms with Crippen molar-refractivity contribution < 1.29 is 9.18 Å². The standard InChI is InChI=1S/C21H28FN5O2/c1-25-21(29)27(18-6-2-3-7-18)19(24-25)16-5-4-12-26(14-16)20(28)23-13-15-8-10-17(22)11-9-15/h8-11,16,18H,2-7,12-14H2,1H3,(H,23,28). The van der Waals surface area contributed by atoms with Gasteiger partial charge < -0.3 is 10.2 Å². The molecule has 0 spiro atoms. The third-order valence-electron chi connectivity index (χ3n) is 6.10. The molecule has 2 aromatic rings. The number of rotatable bonds is 4. The van der Waals surface area contributed by atoms with E-state index in [0.29, 0.717) is 19.6 Å². The molecule has 7 nitrogen and oxygen atoms in total. The highest BCUT2D eigenvalue weighted by Crippen LogP contribution is 2.33. The summed E-state index contributed by atoms with van der Waals surface area (Å²) < 4.78 is 16.3. The van der Waals surface area contributed by atoms with Crippen LogP contribution >= 0.6 is 0 Å². The van der Waals surface area contributed by atoms with Crippen LogP contribution < -0.4 is 11.0 Å². The molecule has 2 amide bonds. The summed E-state index contributed by atoms with van der Waals surface area (Å²) in [6, 6.07) is 6.22. The summed E-state index contributed by atoms with van der Waals surface area (Å²) in [5, 5.41) is 7.46. The molecule has 1 atom stereocenters. The number of aromatic nitrogens is 3. The highest BCUT2D eigenvalue weighted by Gasteiger charge is 2.32. The first-order valence-corrected chi connectivity index (χ1v) is 10.5. The molecule has 1 aliphatic heterocycles. The Labute approximate surface area is 169 Å². The van der Waals surface area contributed by atoms with Crippen LogP contribution in [0.4, 0.5) is 9.18 Å². The maximum atomic E-state index is 13.0. The normalized spacial score (nSPS) is 20.2. The number of urea groups is 1. The molecule has 1 saturated heterocycles. The monoisotopic (exact) mass is 401 g/mol. The average molecular weight is 401 g/mol. The number of amides is 2. The van der Waals surface area contributed by atoms with E-state index in [1.807, 2.05) is 4.57 Å². The van der Waals surface area contributed by atoms with E-state index < -0.39 is 0 Å². The second-order valence-electron chi connectivity index (χ2n) is 8.14. The Bertz CT molecular complexity index is 914. The van der Waals surface area contributed by atoms with Crippen LogP contribution in [0, 0.1) is 5.82 Å². The summed E-state index contributed by atoms with van der Waals surface area (Å²) >= 11 is 0. The van der Waals surface area contributed by atoms with E-state index in [1.165, 1.54) is 16.8 Å². The number of carbonyl (C=O) groups excluding carboxylic acids is 1. The van der Waals surface area contributed by atoms with Crippen LogP contribution in [0.2, 0.25) is 0 Å². The molecule has 29 heavy (non-hydrogen) atoms. The summed E-state index contributed by atoms with van der Waals surface area (Å²) in [6.45, 7) is 1.60. The second kappa shape index (κ2) is 8.39. The van der Waals surface area contributed by atoms with Crippen molar-refractivity contribution in [3.8, 4) is 0 Å². The number of piperidine rings is 1. The molecular weight excluding hydrogens is 373 g/mol. The lowest BCUT2D eigenvalue weighted by Crippen LogP contribution is -2.45. The molecule has 1 aromatic heterocycles. The van der Waals surface area contributed by atoms with Gasteiger partial charge in [0.05, 0.1) is 0 Å². The fourth-order valence-electron chi connectivity index (χ4n) is 4.55. The molecule has 1 unspecified atom stereocenters. The topological polar surface area (TPSA) is 72.2 Å². The Hall–Kier alpha value is -2.64. The van der Waals surface area contributed by atoms with Crippen molar-refractivity contribution in [1.82, 2.24) is 24.6 Å². The van der Waals surface area contributed by atoms with Crippen LogP contribution in [0.1, 0.15) is 61.9 Å². The first-order chi connectivity index (χ1) is 14.0. The van der Waals surface area contributed by atoms with Gasteiger partial charge in [-0.05, 0) is 43.4 Å². The molecule has 1 N–H and O–H groups in total. The van der Waals surface area contributed by atoms with Crippen LogP contribution in [-0.4, -0.2) is 38.4 Å². The van der Waals surface area contributed by atoms with Crippen molar-refractivity contribution in [2.75, 3.05) is 13.1 Å². The number of aryl methyl sites for hydroxylation is 1. The van der Waals surface area contributed by atoms with Gasteiger partial charge in [0.1, 0.15) is 11.6 Å². The molecule has 0 radical (unpaired) electrons. The summed E-state index contributed by atoms with van der Waals surface area (Å²) in [5.41, 5.74) is 0.804.